The van der Waals surface area contributed by atoms with Crippen LogP contribution >= 0.6 is 15.9 Å². The van der Waals surface area contributed by atoms with Crippen molar-refractivity contribution >= 4 is 21.7 Å². The van der Waals surface area contributed by atoms with Gasteiger partial charge < -0.3 is 4.90 Å². The SMILES string of the molecule is Fc1cc(Br)cnc1N1CCC(N2CCCC2)C1. The Morgan fingerprint density at radius 3 is 2.78 bits per heavy atom. The summed E-state index contributed by atoms with van der Waals surface area (Å²) >= 11 is 3.24. The first-order valence-electron chi connectivity index (χ1n) is 6.54. The smallest absolute Gasteiger partial charge is 0.166 e. The molecular formula is C13H17BrFN3. The molecule has 1 unspecified atom stereocenters. The second kappa shape index (κ2) is 5.13. The molecule has 3 heterocycles. The highest BCUT2D eigenvalue weighted by Gasteiger charge is 2.30. The summed E-state index contributed by atoms with van der Waals surface area (Å²) in [5.74, 6) is 0.270. The summed E-state index contributed by atoms with van der Waals surface area (Å²) in [5, 5.41) is 0. The fraction of sp³-hybridized carbons (Fsp3) is 0.615. The molecule has 2 saturated heterocycles. The van der Waals surface area contributed by atoms with Gasteiger partial charge in [-0.3, -0.25) is 4.90 Å². The van der Waals surface area contributed by atoms with Crippen LogP contribution in [0.3, 0.4) is 0 Å². The Balaban J connectivity index is 1.71. The molecule has 5 heteroatoms. The highest BCUT2D eigenvalue weighted by atomic mass is 79.9. The average Bonchev–Trinajstić information content (AvgIpc) is 2.99. The lowest BCUT2D eigenvalue weighted by Crippen LogP contribution is -2.35. The van der Waals surface area contributed by atoms with Gasteiger partial charge in [-0.15, -0.1) is 0 Å². The molecular weight excluding hydrogens is 297 g/mol. The number of anilines is 1. The Kier molecular flexibility index (Phi) is 3.52. The van der Waals surface area contributed by atoms with Gasteiger partial charge in [0.2, 0.25) is 0 Å². The molecule has 0 radical (unpaired) electrons. The van der Waals surface area contributed by atoms with Gasteiger partial charge in [-0.1, -0.05) is 0 Å². The molecule has 0 bridgehead atoms. The first-order chi connectivity index (χ1) is 8.74. The molecule has 0 amide bonds. The topological polar surface area (TPSA) is 19.4 Å². The Morgan fingerprint density at radius 1 is 1.28 bits per heavy atom. The molecule has 2 aliphatic rings. The van der Waals surface area contributed by atoms with Gasteiger partial charge in [-0.05, 0) is 54.3 Å². The number of rotatable bonds is 2. The standard InChI is InChI=1S/C13H17BrFN3/c14-10-7-12(15)13(16-8-10)18-6-3-11(9-18)17-4-1-2-5-17/h7-8,11H,1-6,9H2. The van der Waals surface area contributed by atoms with E-state index in [-0.39, 0.29) is 5.82 Å². The zero-order valence-electron chi connectivity index (χ0n) is 10.3. The van der Waals surface area contributed by atoms with E-state index in [2.05, 4.69) is 30.7 Å². The van der Waals surface area contributed by atoms with Crippen molar-refractivity contribution in [2.45, 2.75) is 25.3 Å². The number of pyridine rings is 1. The molecule has 1 atom stereocenters. The van der Waals surface area contributed by atoms with Crippen LogP contribution in [0.2, 0.25) is 0 Å². The van der Waals surface area contributed by atoms with Crippen molar-refractivity contribution in [3.05, 3.63) is 22.6 Å². The molecule has 0 spiro atoms. The van der Waals surface area contributed by atoms with Crippen LogP contribution < -0.4 is 4.90 Å². The van der Waals surface area contributed by atoms with Gasteiger partial charge in [0.1, 0.15) is 0 Å². The monoisotopic (exact) mass is 313 g/mol. The van der Waals surface area contributed by atoms with Gasteiger partial charge in [0, 0.05) is 29.8 Å². The number of hydrogen-bond acceptors (Lipinski definition) is 3. The third kappa shape index (κ3) is 2.38. The van der Waals surface area contributed by atoms with Crippen LogP contribution in [0.15, 0.2) is 16.7 Å². The highest BCUT2D eigenvalue weighted by molar-refractivity contribution is 9.10. The second-order valence-electron chi connectivity index (χ2n) is 5.09. The summed E-state index contributed by atoms with van der Waals surface area (Å²) in [7, 11) is 0. The lowest BCUT2D eigenvalue weighted by molar-refractivity contribution is 0.260. The van der Waals surface area contributed by atoms with E-state index < -0.39 is 0 Å². The number of nitrogens with zero attached hydrogens (tertiary/aromatic N) is 3. The van der Waals surface area contributed by atoms with Gasteiger partial charge in [-0.25, -0.2) is 9.37 Å². The fourth-order valence-corrected chi connectivity index (χ4v) is 3.28. The first-order valence-corrected chi connectivity index (χ1v) is 7.33. The summed E-state index contributed by atoms with van der Waals surface area (Å²) < 4.78 is 14.6. The number of halogens is 2. The van der Waals surface area contributed by atoms with Crippen molar-refractivity contribution < 1.29 is 4.39 Å². The molecule has 18 heavy (non-hydrogen) atoms. The lowest BCUT2D eigenvalue weighted by Gasteiger charge is -2.24. The molecule has 1 aromatic rings. The summed E-state index contributed by atoms with van der Waals surface area (Å²) in [6, 6.07) is 2.07. The van der Waals surface area contributed by atoms with Crippen LogP contribution in [0.5, 0.6) is 0 Å². The highest BCUT2D eigenvalue weighted by Crippen LogP contribution is 2.26. The largest absolute Gasteiger partial charge is 0.353 e. The van der Waals surface area contributed by atoms with Crippen molar-refractivity contribution in [1.29, 1.82) is 0 Å². The Morgan fingerprint density at radius 2 is 2.06 bits per heavy atom. The van der Waals surface area contributed by atoms with Crippen LogP contribution in [-0.4, -0.2) is 42.1 Å². The molecule has 2 aliphatic heterocycles. The maximum Gasteiger partial charge on any atom is 0.166 e. The Bertz CT molecular complexity index is 434. The number of hydrogen-bond donors (Lipinski definition) is 0. The van der Waals surface area contributed by atoms with E-state index >= 15 is 0 Å². The van der Waals surface area contributed by atoms with Crippen LogP contribution in [0.1, 0.15) is 19.3 Å². The summed E-state index contributed by atoms with van der Waals surface area (Å²) in [5.41, 5.74) is 0. The lowest BCUT2D eigenvalue weighted by atomic mass is 10.2. The van der Waals surface area contributed by atoms with E-state index in [0.717, 1.165) is 19.5 Å². The minimum atomic E-state index is -0.230. The minimum absolute atomic E-state index is 0.230. The molecule has 0 aromatic carbocycles. The Labute approximate surface area is 115 Å². The normalized spacial score (nSPS) is 25.0. The van der Waals surface area contributed by atoms with E-state index in [4.69, 9.17) is 0 Å². The average molecular weight is 314 g/mol. The molecule has 3 rings (SSSR count). The summed E-state index contributed by atoms with van der Waals surface area (Å²) in [6.07, 6.45) is 5.40. The van der Waals surface area contributed by atoms with Gasteiger partial charge in [0.05, 0.1) is 0 Å². The fourth-order valence-electron chi connectivity index (χ4n) is 2.98. The third-order valence-corrected chi connectivity index (χ3v) is 4.34. The summed E-state index contributed by atoms with van der Waals surface area (Å²) in [6.45, 7) is 4.22. The van der Waals surface area contributed by atoms with Crippen LogP contribution in [0.4, 0.5) is 10.2 Å². The molecule has 1 aromatic heterocycles. The van der Waals surface area contributed by atoms with E-state index in [1.807, 2.05) is 0 Å². The number of aromatic nitrogens is 1. The zero-order chi connectivity index (χ0) is 12.5. The van der Waals surface area contributed by atoms with Gasteiger partial charge in [0.25, 0.3) is 0 Å². The van der Waals surface area contributed by atoms with E-state index in [1.165, 1.54) is 32.0 Å². The van der Waals surface area contributed by atoms with Crippen molar-refractivity contribution in [1.82, 2.24) is 9.88 Å². The van der Waals surface area contributed by atoms with E-state index in [1.54, 1.807) is 6.20 Å². The molecule has 2 fully saturated rings. The third-order valence-electron chi connectivity index (χ3n) is 3.91. The van der Waals surface area contributed by atoms with Crippen LogP contribution in [-0.2, 0) is 0 Å². The van der Waals surface area contributed by atoms with Gasteiger partial charge in [-0.2, -0.15) is 0 Å². The first kappa shape index (κ1) is 12.4. The van der Waals surface area contributed by atoms with Crippen molar-refractivity contribution in [3.63, 3.8) is 0 Å². The molecule has 3 nitrogen and oxygen atoms in total. The molecule has 98 valence electrons. The van der Waals surface area contributed by atoms with Crippen molar-refractivity contribution in [2.24, 2.45) is 0 Å². The minimum Gasteiger partial charge on any atom is -0.353 e. The van der Waals surface area contributed by atoms with E-state index in [9.17, 15) is 4.39 Å². The predicted molar refractivity (Wildman–Crippen MR) is 73.3 cm³/mol. The molecule has 0 aliphatic carbocycles. The maximum atomic E-state index is 13.9. The summed E-state index contributed by atoms with van der Waals surface area (Å²) in [4.78, 5) is 8.82. The number of likely N-dealkylation sites (tertiary alicyclic amines) is 1. The van der Waals surface area contributed by atoms with Crippen molar-refractivity contribution in [2.75, 3.05) is 31.1 Å². The maximum absolute atomic E-state index is 13.9. The second-order valence-corrected chi connectivity index (χ2v) is 6.01. The van der Waals surface area contributed by atoms with Crippen LogP contribution in [0.25, 0.3) is 0 Å². The Hall–Kier alpha value is -0.680. The van der Waals surface area contributed by atoms with Gasteiger partial charge in [0.15, 0.2) is 11.6 Å². The zero-order valence-corrected chi connectivity index (χ0v) is 11.9. The van der Waals surface area contributed by atoms with Gasteiger partial charge >= 0.3 is 0 Å². The van der Waals surface area contributed by atoms with Crippen molar-refractivity contribution in [3.8, 4) is 0 Å². The predicted octanol–water partition coefficient (Wildman–Crippen LogP) is 2.66. The molecule has 0 N–H and O–H groups in total. The van der Waals surface area contributed by atoms with E-state index in [0.29, 0.717) is 16.3 Å². The quantitative estimate of drug-likeness (QED) is 0.837. The molecule has 0 saturated carbocycles. The van der Waals surface area contributed by atoms with Crippen LogP contribution in [0, 0.1) is 5.82 Å².